The molecule has 3 saturated heterocycles. The molecule has 4 aliphatic heterocycles. The molecule has 0 bridgehead atoms. The van der Waals surface area contributed by atoms with Gasteiger partial charge in [0.15, 0.2) is 0 Å². The number of amides is 4. The molecule has 3 fully saturated rings. The van der Waals surface area contributed by atoms with E-state index in [1.807, 2.05) is 29.2 Å². The minimum Gasteiger partial charge on any atom is -0.378 e. The van der Waals surface area contributed by atoms with Gasteiger partial charge in [0.05, 0.1) is 11.9 Å². The van der Waals surface area contributed by atoms with Crippen molar-refractivity contribution in [2.24, 2.45) is 7.05 Å². The van der Waals surface area contributed by atoms with Crippen LogP contribution < -0.4 is 16.2 Å². The highest BCUT2D eigenvalue weighted by Crippen LogP contribution is 2.34. The molecule has 0 spiro atoms. The zero-order valence-electron chi connectivity index (χ0n) is 27.7. The first-order valence-corrected chi connectivity index (χ1v) is 17.3. The number of carbonyl (C=O) groups excluding carboxylic acids is 4. The first-order chi connectivity index (χ1) is 23.5. The molecule has 4 aliphatic rings. The van der Waals surface area contributed by atoms with E-state index >= 15 is 0 Å². The lowest BCUT2D eigenvalue weighted by molar-refractivity contribution is -0.136. The Balaban J connectivity index is 0.946. The van der Waals surface area contributed by atoms with E-state index in [1.165, 1.54) is 4.68 Å². The van der Waals surface area contributed by atoms with Crippen molar-refractivity contribution in [3.63, 3.8) is 0 Å². The van der Waals surface area contributed by atoms with Crippen molar-refractivity contribution < 1.29 is 19.2 Å². The van der Waals surface area contributed by atoms with Gasteiger partial charge >= 0.3 is 0 Å². The van der Waals surface area contributed by atoms with Crippen LogP contribution in [0.2, 0.25) is 5.02 Å². The highest BCUT2D eigenvalue weighted by molar-refractivity contribution is 6.32. The zero-order chi connectivity index (χ0) is 34.4. The number of nitrogens with one attached hydrogen (secondary N) is 2. The molecule has 5 heterocycles. The number of nitrogens with zero attached hydrogens (tertiary/aromatic N) is 5. The van der Waals surface area contributed by atoms with Gasteiger partial charge in [0, 0.05) is 63.4 Å². The maximum Gasteiger partial charge on any atom is 0.287 e. The van der Waals surface area contributed by atoms with Crippen LogP contribution in [0.25, 0.3) is 0 Å². The Bertz CT molecular complexity index is 1870. The van der Waals surface area contributed by atoms with Crippen LogP contribution in [-0.4, -0.2) is 93.4 Å². The highest BCUT2D eigenvalue weighted by atomic mass is 35.5. The van der Waals surface area contributed by atoms with E-state index in [4.69, 9.17) is 11.6 Å². The number of piperidine rings is 3. The van der Waals surface area contributed by atoms with E-state index in [0.29, 0.717) is 42.9 Å². The fraction of sp³-hybridized carbons (Fsp3) is 0.444. The summed E-state index contributed by atoms with van der Waals surface area (Å²) in [6, 6.07) is 13.3. The zero-order valence-corrected chi connectivity index (χ0v) is 28.4. The molecular formula is C36H40ClN7O5. The SMILES string of the molecule is CN1C[C@@H](Nc2cnn(C)c(=O)c2Cl)C[C@@H](c2ccc(C(=O)N3CCC(c4ccc5c(c4)CN(C4CCC(=O)NC4=O)C5=O)CC3)cc2)C1. The number of imide groups is 1. The largest absolute Gasteiger partial charge is 0.378 e. The lowest BCUT2D eigenvalue weighted by Gasteiger charge is -2.37. The monoisotopic (exact) mass is 685 g/mol. The molecule has 49 heavy (non-hydrogen) atoms. The summed E-state index contributed by atoms with van der Waals surface area (Å²) >= 11 is 6.30. The smallest absolute Gasteiger partial charge is 0.287 e. The van der Waals surface area contributed by atoms with Crippen molar-refractivity contribution in [3.05, 3.63) is 91.9 Å². The molecule has 1 aromatic heterocycles. The summed E-state index contributed by atoms with van der Waals surface area (Å²) in [6.45, 7) is 3.33. The second-order valence-corrected chi connectivity index (χ2v) is 14.2. The van der Waals surface area contributed by atoms with Crippen LogP contribution in [0.3, 0.4) is 0 Å². The molecule has 0 aliphatic carbocycles. The molecule has 4 amide bonds. The van der Waals surface area contributed by atoms with Gasteiger partial charge < -0.3 is 20.0 Å². The second-order valence-electron chi connectivity index (χ2n) is 13.8. The minimum absolute atomic E-state index is 0.0255. The molecule has 256 valence electrons. The third-order valence-electron chi connectivity index (χ3n) is 10.5. The number of carbonyl (C=O) groups is 4. The van der Waals surface area contributed by atoms with Gasteiger partial charge in [-0.05, 0) is 79.5 Å². The molecule has 12 nitrogen and oxygen atoms in total. The molecule has 3 aromatic rings. The standard InChI is InChI=1S/C36H40ClN7O5/c1-41-18-25(16-27(20-41)39-29-17-38-42(2)36(49)32(29)37)21-3-5-23(6-4-21)34(47)43-13-11-22(12-14-43)24-7-8-28-26(15-24)19-44(35(28)48)30-9-10-31(45)40-33(30)46/h3-8,15,17,22,25,27,30,39H,9-14,16,18-20H2,1-2H3,(H,40,45,46)/t25-,27+,30?/m1/s1. The predicted octanol–water partition coefficient (Wildman–Crippen LogP) is 3.11. The van der Waals surface area contributed by atoms with Gasteiger partial charge in [-0.2, -0.15) is 5.10 Å². The van der Waals surface area contributed by atoms with E-state index < -0.39 is 11.9 Å². The first kappa shape index (κ1) is 33.0. The Morgan fingerprint density at radius 2 is 1.67 bits per heavy atom. The highest BCUT2D eigenvalue weighted by Gasteiger charge is 2.39. The van der Waals surface area contributed by atoms with Crippen LogP contribution in [-0.2, 0) is 23.2 Å². The number of hydrogen-bond donors (Lipinski definition) is 2. The molecule has 3 atom stereocenters. The van der Waals surface area contributed by atoms with Gasteiger partial charge in [-0.1, -0.05) is 35.9 Å². The number of likely N-dealkylation sites (tertiary alicyclic amines) is 2. The van der Waals surface area contributed by atoms with Crippen LogP contribution in [0.4, 0.5) is 5.69 Å². The lowest BCUT2D eigenvalue weighted by Crippen LogP contribution is -2.52. The van der Waals surface area contributed by atoms with Gasteiger partial charge in [0.2, 0.25) is 11.8 Å². The molecule has 1 unspecified atom stereocenters. The molecule has 2 N–H and O–H groups in total. The predicted molar refractivity (Wildman–Crippen MR) is 184 cm³/mol. The first-order valence-electron chi connectivity index (χ1n) is 16.9. The van der Waals surface area contributed by atoms with Gasteiger partial charge in [-0.25, -0.2) is 4.68 Å². The van der Waals surface area contributed by atoms with Gasteiger partial charge in [-0.3, -0.25) is 29.3 Å². The Kier molecular flexibility index (Phi) is 9.01. The van der Waals surface area contributed by atoms with E-state index in [1.54, 1.807) is 18.1 Å². The van der Waals surface area contributed by atoms with Crippen molar-refractivity contribution in [2.75, 3.05) is 38.5 Å². The maximum atomic E-state index is 13.5. The summed E-state index contributed by atoms with van der Waals surface area (Å²) in [5, 5.41) is 10.0. The summed E-state index contributed by atoms with van der Waals surface area (Å²) in [4.78, 5) is 68.6. The topological polar surface area (TPSA) is 137 Å². The van der Waals surface area contributed by atoms with Crippen LogP contribution in [0, 0.1) is 0 Å². The van der Waals surface area contributed by atoms with E-state index in [0.717, 1.165) is 49.0 Å². The normalized spacial score (nSPS) is 23.4. The molecule has 7 rings (SSSR count). The fourth-order valence-corrected chi connectivity index (χ4v) is 8.07. The number of benzene rings is 2. The van der Waals surface area contributed by atoms with Crippen molar-refractivity contribution in [1.29, 1.82) is 0 Å². The number of hydrogen-bond acceptors (Lipinski definition) is 8. The average molecular weight is 686 g/mol. The van der Waals surface area contributed by atoms with Crippen molar-refractivity contribution >= 4 is 40.9 Å². The van der Waals surface area contributed by atoms with Crippen molar-refractivity contribution in [2.45, 2.75) is 62.6 Å². The van der Waals surface area contributed by atoms with E-state index in [-0.39, 0.29) is 52.6 Å². The summed E-state index contributed by atoms with van der Waals surface area (Å²) in [6.07, 6.45) is 4.65. The van der Waals surface area contributed by atoms with Crippen LogP contribution in [0.15, 0.2) is 53.5 Å². The van der Waals surface area contributed by atoms with E-state index in [9.17, 15) is 24.0 Å². The molecule has 2 aromatic carbocycles. The van der Waals surface area contributed by atoms with Gasteiger partial charge in [0.25, 0.3) is 17.4 Å². The lowest BCUT2D eigenvalue weighted by atomic mass is 9.87. The summed E-state index contributed by atoms with van der Waals surface area (Å²) < 4.78 is 1.22. The molecule has 0 radical (unpaired) electrons. The number of halogens is 1. The van der Waals surface area contributed by atoms with Gasteiger partial charge in [0.1, 0.15) is 11.1 Å². The van der Waals surface area contributed by atoms with Crippen LogP contribution in [0.5, 0.6) is 0 Å². The number of fused-ring (bicyclic) bond motifs is 1. The molecule has 13 heteroatoms. The third kappa shape index (κ3) is 6.59. The fourth-order valence-electron chi connectivity index (χ4n) is 7.84. The number of aromatic nitrogens is 2. The quantitative estimate of drug-likeness (QED) is 0.378. The minimum atomic E-state index is -0.628. The summed E-state index contributed by atoms with van der Waals surface area (Å²) in [7, 11) is 3.64. The molecule has 0 saturated carbocycles. The Hall–Kier alpha value is -4.55. The van der Waals surface area contributed by atoms with Gasteiger partial charge in [-0.15, -0.1) is 0 Å². The maximum absolute atomic E-state index is 13.5. The van der Waals surface area contributed by atoms with Crippen molar-refractivity contribution in [1.82, 2.24) is 29.8 Å². The number of likely N-dealkylation sites (N-methyl/N-ethyl adjacent to an activating group) is 1. The Labute approximate surface area is 289 Å². The molecular weight excluding hydrogens is 646 g/mol. The van der Waals surface area contributed by atoms with Crippen LogP contribution in [0.1, 0.15) is 81.3 Å². The number of rotatable bonds is 6. The second kappa shape index (κ2) is 13.4. The number of anilines is 1. The Morgan fingerprint density at radius 3 is 2.41 bits per heavy atom. The summed E-state index contributed by atoms with van der Waals surface area (Å²) in [5.74, 6) is -0.336. The number of aryl methyl sites for hydroxylation is 1. The van der Waals surface area contributed by atoms with Crippen LogP contribution >= 0.6 is 11.6 Å². The third-order valence-corrected chi connectivity index (χ3v) is 10.9. The average Bonchev–Trinajstić information content (AvgIpc) is 3.43. The Morgan fingerprint density at radius 1 is 0.939 bits per heavy atom. The summed E-state index contributed by atoms with van der Waals surface area (Å²) in [5.41, 5.74) is 4.70. The van der Waals surface area contributed by atoms with Crippen molar-refractivity contribution in [3.8, 4) is 0 Å². The van der Waals surface area contributed by atoms with E-state index in [2.05, 4.69) is 45.9 Å².